The highest BCUT2D eigenvalue weighted by atomic mass is 127. The largest absolute Gasteiger partial charge is 0.394 e. The summed E-state index contributed by atoms with van der Waals surface area (Å²) >= 11 is 2.18. The van der Waals surface area contributed by atoms with Crippen LogP contribution in [-0.2, 0) is 10.4 Å². The lowest BCUT2D eigenvalue weighted by Gasteiger charge is -2.03. The van der Waals surface area contributed by atoms with Crippen LogP contribution < -0.4 is 11.5 Å². The number of nitrogens with two attached hydrogens (primary N) is 2. The molecule has 0 aliphatic carbocycles. The number of hydrogen-bond donors (Lipinski definition) is 4. The van der Waals surface area contributed by atoms with Gasteiger partial charge in [-0.2, -0.15) is 8.42 Å². The second-order valence-electron chi connectivity index (χ2n) is 2.75. The molecule has 0 aliphatic heterocycles. The van der Waals surface area contributed by atoms with Crippen LogP contribution in [0.4, 0.5) is 0 Å². The molecular weight excluding hydrogens is 361 g/mol. The maximum atomic E-state index is 8.74. The number of hydrogen-bond acceptors (Lipinski definition) is 3. The van der Waals surface area contributed by atoms with Gasteiger partial charge in [0.2, 0.25) is 0 Å². The first-order valence-electron chi connectivity index (χ1n) is 4.18. The zero-order valence-electron chi connectivity index (χ0n) is 8.56. The van der Waals surface area contributed by atoms with Crippen molar-refractivity contribution < 1.29 is 17.5 Å². The van der Waals surface area contributed by atoms with E-state index in [0.717, 1.165) is 5.56 Å². The molecule has 1 aromatic carbocycles. The highest BCUT2D eigenvalue weighted by Gasteiger charge is 2.02. The van der Waals surface area contributed by atoms with Crippen LogP contribution in [0.3, 0.4) is 0 Å². The Bertz CT molecular complexity index is 451. The molecule has 1 aromatic rings. The van der Waals surface area contributed by atoms with Crippen LogP contribution in [0, 0.1) is 0 Å². The SMILES string of the molecule is NC(N)=NC(I)c1ccccc1.O=S(=O)(O)O. The van der Waals surface area contributed by atoms with Crippen LogP contribution in [0.5, 0.6) is 0 Å². The molecule has 0 aliphatic rings. The Balaban J connectivity index is 0.000000437. The van der Waals surface area contributed by atoms with E-state index in [1.807, 2.05) is 30.3 Å². The van der Waals surface area contributed by atoms with Crippen LogP contribution in [0.1, 0.15) is 9.61 Å². The van der Waals surface area contributed by atoms with Gasteiger partial charge >= 0.3 is 10.4 Å². The summed E-state index contributed by atoms with van der Waals surface area (Å²) in [5, 5.41) is 0. The second kappa shape index (κ2) is 7.42. The quantitative estimate of drug-likeness (QED) is 0.151. The average molecular weight is 373 g/mol. The lowest BCUT2D eigenvalue weighted by Crippen LogP contribution is -2.23. The Hall–Kier alpha value is -0.910. The topological polar surface area (TPSA) is 139 Å². The number of aliphatic imine (C=N–C) groups is 1. The molecule has 1 unspecified atom stereocenters. The molecule has 1 atom stereocenters. The van der Waals surface area contributed by atoms with Crippen LogP contribution in [0.25, 0.3) is 0 Å². The number of guanidine groups is 1. The fourth-order valence-electron chi connectivity index (χ4n) is 0.817. The summed E-state index contributed by atoms with van der Waals surface area (Å²) in [5.41, 5.74) is 11.6. The van der Waals surface area contributed by atoms with Crippen molar-refractivity contribution in [2.45, 2.75) is 4.05 Å². The zero-order chi connectivity index (χ0) is 13.5. The molecule has 0 aromatic heterocycles. The third-order valence-corrected chi connectivity index (χ3v) is 2.33. The van der Waals surface area contributed by atoms with E-state index in [1.54, 1.807) is 0 Å². The minimum atomic E-state index is -4.67. The van der Waals surface area contributed by atoms with Crippen molar-refractivity contribution in [3.05, 3.63) is 35.9 Å². The van der Waals surface area contributed by atoms with Crippen LogP contribution >= 0.6 is 22.6 Å². The molecule has 6 N–H and O–H groups in total. The average Bonchev–Trinajstić information content (AvgIpc) is 2.15. The molecular formula is C8H12IN3O4S. The molecule has 1 rings (SSSR count). The summed E-state index contributed by atoms with van der Waals surface area (Å²) in [6.45, 7) is 0. The van der Waals surface area contributed by atoms with E-state index in [9.17, 15) is 0 Å². The van der Waals surface area contributed by atoms with Gasteiger partial charge in [0.05, 0.1) is 0 Å². The number of rotatable bonds is 2. The van der Waals surface area contributed by atoms with Gasteiger partial charge in [0.15, 0.2) is 5.96 Å². The first kappa shape index (κ1) is 16.1. The minimum absolute atomic E-state index is 0.00815. The smallest absolute Gasteiger partial charge is 0.370 e. The Labute approximate surface area is 113 Å². The molecule has 17 heavy (non-hydrogen) atoms. The normalized spacial score (nSPS) is 11.9. The fraction of sp³-hybridized carbons (Fsp3) is 0.125. The van der Waals surface area contributed by atoms with E-state index in [4.69, 9.17) is 29.0 Å². The maximum Gasteiger partial charge on any atom is 0.394 e. The van der Waals surface area contributed by atoms with Gasteiger partial charge < -0.3 is 11.5 Å². The molecule has 96 valence electrons. The predicted octanol–water partition coefficient (Wildman–Crippen LogP) is 0.741. The lowest BCUT2D eigenvalue weighted by molar-refractivity contribution is 0.381. The molecule has 9 heteroatoms. The summed E-state index contributed by atoms with van der Waals surface area (Å²) in [5.74, 6) is 0.123. The summed E-state index contributed by atoms with van der Waals surface area (Å²) in [6, 6.07) is 9.86. The molecule has 0 spiro atoms. The van der Waals surface area contributed by atoms with Gasteiger partial charge in [0.1, 0.15) is 4.05 Å². The third kappa shape index (κ3) is 11.4. The predicted molar refractivity (Wildman–Crippen MR) is 73.2 cm³/mol. The van der Waals surface area contributed by atoms with Gasteiger partial charge in [0.25, 0.3) is 0 Å². The Morgan fingerprint density at radius 2 is 1.65 bits per heavy atom. The number of alkyl halides is 1. The zero-order valence-corrected chi connectivity index (χ0v) is 11.5. The van der Waals surface area contributed by atoms with E-state index in [1.165, 1.54) is 0 Å². The summed E-state index contributed by atoms with van der Waals surface area (Å²) < 4.78 is 31.6. The first-order valence-corrected chi connectivity index (χ1v) is 6.82. The Morgan fingerprint density at radius 3 is 2.00 bits per heavy atom. The van der Waals surface area contributed by atoms with Crippen molar-refractivity contribution in [1.29, 1.82) is 0 Å². The van der Waals surface area contributed by atoms with Gasteiger partial charge in [-0.15, -0.1) is 0 Å². The third-order valence-electron chi connectivity index (χ3n) is 1.34. The van der Waals surface area contributed by atoms with Gasteiger partial charge in [-0.3, -0.25) is 9.11 Å². The maximum absolute atomic E-state index is 8.74. The van der Waals surface area contributed by atoms with Gasteiger partial charge in [-0.1, -0.05) is 52.9 Å². The molecule has 0 radical (unpaired) electrons. The number of nitrogens with zero attached hydrogens (tertiary/aromatic N) is 1. The van der Waals surface area contributed by atoms with Crippen molar-refractivity contribution in [3.8, 4) is 0 Å². The first-order chi connectivity index (χ1) is 7.70. The van der Waals surface area contributed by atoms with Crippen molar-refractivity contribution in [3.63, 3.8) is 0 Å². The van der Waals surface area contributed by atoms with Crippen molar-refractivity contribution >= 4 is 38.9 Å². The highest BCUT2D eigenvalue weighted by molar-refractivity contribution is 14.1. The lowest BCUT2D eigenvalue weighted by atomic mass is 10.2. The van der Waals surface area contributed by atoms with Crippen LogP contribution in [-0.4, -0.2) is 23.5 Å². The fourth-order valence-corrected chi connectivity index (χ4v) is 1.55. The molecule has 0 saturated heterocycles. The molecule has 0 amide bonds. The molecule has 0 fully saturated rings. The van der Waals surface area contributed by atoms with Crippen molar-refractivity contribution in [2.75, 3.05) is 0 Å². The molecule has 0 heterocycles. The van der Waals surface area contributed by atoms with Crippen LogP contribution in [0.15, 0.2) is 35.3 Å². The number of benzene rings is 1. The van der Waals surface area contributed by atoms with E-state index in [0.29, 0.717) is 0 Å². The highest BCUT2D eigenvalue weighted by Crippen LogP contribution is 2.23. The second-order valence-corrected chi connectivity index (χ2v) is 4.82. The van der Waals surface area contributed by atoms with Gasteiger partial charge in [0, 0.05) is 0 Å². The van der Waals surface area contributed by atoms with E-state index >= 15 is 0 Å². The van der Waals surface area contributed by atoms with Gasteiger partial charge in [-0.05, 0) is 5.56 Å². The molecule has 0 bridgehead atoms. The summed E-state index contributed by atoms with van der Waals surface area (Å²) in [4.78, 5) is 4.01. The monoisotopic (exact) mass is 373 g/mol. The number of halogens is 1. The van der Waals surface area contributed by atoms with Crippen LogP contribution in [0.2, 0.25) is 0 Å². The Morgan fingerprint density at radius 1 is 1.24 bits per heavy atom. The van der Waals surface area contributed by atoms with Crippen molar-refractivity contribution in [2.24, 2.45) is 16.5 Å². The molecule has 7 nitrogen and oxygen atoms in total. The molecule has 0 saturated carbocycles. The minimum Gasteiger partial charge on any atom is -0.370 e. The van der Waals surface area contributed by atoms with Crippen molar-refractivity contribution in [1.82, 2.24) is 0 Å². The van der Waals surface area contributed by atoms with Gasteiger partial charge in [-0.25, -0.2) is 4.99 Å². The van der Waals surface area contributed by atoms with E-state index < -0.39 is 10.4 Å². The van der Waals surface area contributed by atoms with E-state index in [2.05, 4.69) is 27.6 Å². The Kier molecular flexibility index (Phi) is 7.03. The standard InChI is InChI=1S/C8H10IN3.H2O4S/c9-7(12-8(10)11)6-4-2-1-3-5-6;1-5(2,3)4/h1-5,7H,(H4,10,11,12);(H2,1,2,3,4). The summed E-state index contributed by atoms with van der Waals surface area (Å²) in [6.07, 6.45) is 0. The summed E-state index contributed by atoms with van der Waals surface area (Å²) in [7, 11) is -4.67. The van der Waals surface area contributed by atoms with E-state index in [-0.39, 0.29) is 10.0 Å².